The molecule has 0 spiro atoms. The lowest BCUT2D eigenvalue weighted by Gasteiger charge is -2.41. The van der Waals surface area contributed by atoms with Crippen LogP contribution in [-0.2, 0) is 9.53 Å². The van der Waals surface area contributed by atoms with E-state index in [1.807, 2.05) is 6.07 Å². The van der Waals surface area contributed by atoms with Gasteiger partial charge in [-0.05, 0) is 56.2 Å². The second kappa shape index (κ2) is 12.4. The van der Waals surface area contributed by atoms with E-state index in [1.54, 1.807) is 37.3 Å². The number of aliphatic imine (C=N–C) groups is 1. The summed E-state index contributed by atoms with van der Waals surface area (Å²) >= 11 is 12.0. The molecule has 10 heteroatoms. The number of piperazine rings is 1. The first-order chi connectivity index (χ1) is 17.9. The van der Waals surface area contributed by atoms with Crippen LogP contribution in [0, 0.1) is 11.3 Å². The Morgan fingerprint density at radius 1 is 1.14 bits per heavy atom. The summed E-state index contributed by atoms with van der Waals surface area (Å²) in [6.07, 6.45) is 3.37. The third-order valence-corrected chi connectivity index (χ3v) is 7.48. The number of nitrogens with one attached hydrogen (secondary N) is 1. The van der Waals surface area contributed by atoms with Gasteiger partial charge in [0.25, 0.3) is 5.91 Å². The van der Waals surface area contributed by atoms with Crippen molar-refractivity contribution in [1.29, 1.82) is 5.26 Å². The molecule has 0 aromatic heterocycles. The van der Waals surface area contributed by atoms with Crippen molar-refractivity contribution in [3.05, 3.63) is 63.8 Å². The molecule has 0 saturated carbocycles. The summed E-state index contributed by atoms with van der Waals surface area (Å²) in [5.41, 5.74) is 8.82. The van der Waals surface area contributed by atoms with E-state index in [4.69, 9.17) is 33.7 Å². The first kappa shape index (κ1) is 27.0. The van der Waals surface area contributed by atoms with Gasteiger partial charge in [-0.15, -0.1) is 0 Å². The standard InChI is InChI=1S/C27H30Cl2N6O2/c1-18(32-21-2-4-24(28)25(29)15-21)23(17-31)27(36)33-20-3-5-26(19(14-20)16-30)35-10-8-34(9-11-35)22-6-12-37-13-7-22/h2-5,14-15,17,22H,6-13,31H2,1H3,(H,33,36). The quantitative estimate of drug-likeness (QED) is 0.404. The maximum Gasteiger partial charge on any atom is 0.258 e. The molecule has 37 heavy (non-hydrogen) atoms. The highest BCUT2D eigenvalue weighted by molar-refractivity contribution is 6.42. The van der Waals surface area contributed by atoms with E-state index in [9.17, 15) is 10.1 Å². The van der Waals surface area contributed by atoms with Crippen LogP contribution >= 0.6 is 23.2 Å². The largest absolute Gasteiger partial charge is 0.404 e. The van der Waals surface area contributed by atoms with Crippen molar-refractivity contribution in [2.45, 2.75) is 25.8 Å². The van der Waals surface area contributed by atoms with Gasteiger partial charge in [0.1, 0.15) is 6.07 Å². The third-order valence-electron chi connectivity index (χ3n) is 6.74. The molecule has 8 nitrogen and oxygen atoms in total. The number of rotatable bonds is 6. The lowest BCUT2D eigenvalue weighted by Crippen LogP contribution is -2.51. The fourth-order valence-electron chi connectivity index (χ4n) is 4.72. The summed E-state index contributed by atoms with van der Waals surface area (Å²) in [5, 5.41) is 13.4. The lowest BCUT2D eigenvalue weighted by atomic mass is 10.1. The molecule has 0 atom stereocenters. The minimum absolute atomic E-state index is 0.206. The molecule has 2 aliphatic heterocycles. The van der Waals surface area contributed by atoms with Gasteiger partial charge in [0.2, 0.25) is 0 Å². The SMILES string of the molecule is CC(=Nc1ccc(Cl)c(Cl)c1)C(=CN)C(=O)Nc1ccc(N2CCN(C3CCOCC3)CC2)c(C#N)c1. The predicted octanol–water partition coefficient (Wildman–Crippen LogP) is 4.74. The van der Waals surface area contributed by atoms with Crippen LogP contribution in [0.5, 0.6) is 0 Å². The predicted molar refractivity (Wildman–Crippen MR) is 149 cm³/mol. The number of carbonyl (C=O) groups excluding carboxylic acids is 1. The van der Waals surface area contributed by atoms with Gasteiger partial charge in [0.15, 0.2) is 0 Å². The topological polar surface area (TPSA) is 107 Å². The van der Waals surface area contributed by atoms with Gasteiger partial charge in [-0.25, -0.2) is 0 Å². The highest BCUT2D eigenvalue weighted by Gasteiger charge is 2.26. The maximum atomic E-state index is 13.0. The number of nitrogens with zero attached hydrogens (tertiary/aromatic N) is 4. The second-order valence-corrected chi connectivity index (χ2v) is 9.85. The lowest BCUT2D eigenvalue weighted by molar-refractivity contribution is -0.112. The molecule has 2 aromatic carbocycles. The molecule has 3 N–H and O–H groups in total. The minimum Gasteiger partial charge on any atom is -0.404 e. The Labute approximate surface area is 227 Å². The molecule has 2 heterocycles. The van der Waals surface area contributed by atoms with Crippen molar-refractivity contribution in [2.75, 3.05) is 49.6 Å². The number of hydrogen-bond donors (Lipinski definition) is 2. The molecule has 0 radical (unpaired) electrons. The number of hydrogen-bond acceptors (Lipinski definition) is 7. The van der Waals surface area contributed by atoms with Crippen LogP contribution in [0.2, 0.25) is 10.0 Å². The third kappa shape index (κ3) is 6.62. The summed E-state index contributed by atoms with van der Waals surface area (Å²) in [7, 11) is 0. The van der Waals surface area contributed by atoms with Crippen LogP contribution in [0.1, 0.15) is 25.3 Å². The van der Waals surface area contributed by atoms with E-state index < -0.39 is 5.91 Å². The van der Waals surface area contributed by atoms with Crippen molar-refractivity contribution in [1.82, 2.24) is 4.90 Å². The number of anilines is 2. The number of nitriles is 1. The zero-order valence-electron chi connectivity index (χ0n) is 20.7. The maximum absolute atomic E-state index is 13.0. The molecule has 2 aliphatic rings. The van der Waals surface area contributed by atoms with E-state index in [-0.39, 0.29) is 5.57 Å². The fourth-order valence-corrected chi connectivity index (χ4v) is 5.02. The molecule has 2 fully saturated rings. The van der Waals surface area contributed by atoms with Crippen LogP contribution in [0.4, 0.5) is 17.1 Å². The van der Waals surface area contributed by atoms with Crippen molar-refractivity contribution in [3.63, 3.8) is 0 Å². The zero-order chi connectivity index (χ0) is 26.4. The number of benzene rings is 2. The Bertz CT molecular complexity index is 1240. The number of amides is 1. The summed E-state index contributed by atoms with van der Waals surface area (Å²) in [6.45, 7) is 6.96. The van der Waals surface area contributed by atoms with E-state index in [0.29, 0.717) is 38.7 Å². The van der Waals surface area contributed by atoms with Crippen LogP contribution in [0.3, 0.4) is 0 Å². The number of halogens is 2. The van der Waals surface area contributed by atoms with Crippen LogP contribution in [0.15, 0.2) is 53.2 Å². The summed E-state index contributed by atoms with van der Waals surface area (Å²) in [4.78, 5) is 22.2. The van der Waals surface area contributed by atoms with Gasteiger partial charge in [-0.2, -0.15) is 5.26 Å². The number of carbonyl (C=O) groups is 1. The summed E-state index contributed by atoms with van der Waals surface area (Å²) < 4.78 is 5.49. The van der Waals surface area contributed by atoms with Gasteiger partial charge in [0, 0.05) is 57.3 Å². The van der Waals surface area contributed by atoms with E-state index in [0.717, 1.165) is 57.9 Å². The Balaban J connectivity index is 1.42. The first-order valence-electron chi connectivity index (χ1n) is 12.2. The van der Waals surface area contributed by atoms with Crippen LogP contribution in [-0.4, -0.2) is 62.0 Å². The van der Waals surface area contributed by atoms with Crippen LogP contribution in [0.25, 0.3) is 0 Å². The van der Waals surface area contributed by atoms with E-state index in [2.05, 4.69) is 26.2 Å². The molecule has 2 aromatic rings. The highest BCUT2D eigenvalue weighted by Crippen LogP contribution is 2.28. The van der Waals surface area contributed by atoms with Gasteiger partial charge in [0.05, 0.1) is 38.3 Å². The molecule has 0 aliphatic carbocycles. The molecule has 2 saturated heterocycles. The van der Waals surface area contributed by atoms with E-state index in [1.165, 1.54) is 6.20 Å². The van der Waals surface area contributed by atoms with Crippen molar-refractivity contribution in [2.24, 2.45) is 10.7 Å². The van der Waals surface area contributed by atoms with Crippen molar-refractivity contribution in [3.8, 4) is 6.07 Å². The van der Waals surface area contributed by atoms with Gasteiger partial charge >= 0.3 is 0 Å². The molecular weight excluding hydrogens is 511 g/mol. The molecule has 194 valence electrons. The van der Waals surface area contributed by atoms with Gasteiger partial charge < -0.3 is 20.7 Å². The summed E-state index contributed by atoms with van der Waals surface area (Å²) in [5.74, 6) is -0.425. The minimum atomic E-state index is -0.425. The Kier molecular flexibility index (Phi) is 9.06. The average Bonchev–Trinajstić information content (AvgIpc) is 2.91. The fraction of sp³-hybridized carbons (Fsp3) is 0.370. The molecule has 0 bridgehead atoms. The zero-order valence-corrected chi connectivity index (χ0v) is 22.2. The highest BCUT2D eigenvalue weighted by atomic mass is 35.5. The first-order valence-corrected chi connectivity index (χ1v) is 13.0. The van der Waals surface area contributed by atoms with Gasteiger partial charge in [-0.1, -0.05) is 23.2 Å². The normalized spacial score (nSPS) is 17.9. The monoisotopic (exact) mass is 540 g/mol. The average molecular weight is 541 g/mol. The van der Waals surface area contributed by atoms with Gasteiger partial charge in [-0.3, -0.25) is 14.7 Å². The molecular formula is C27H30Cl2N6O2. The van der Waals surface area contributed by atoms with E-state index >= 15 is 0 Å². The van der Waals surface area contributed by atoms with Crippen molar-refractivity contribution >= 4 is 51.9 Å². The summed E-state index contributed by atoms with van der Waals surface area (Å²) in [6, 6.07) is 13.2. The Hall–Kier alpha value is -3.09. The Morgan fingerprint density at radius 2 is 1.86 bits per heavy atom. The van der Waals surface area contributed by atoms with Crippen LogP contribution < -0.4 is 16.0 Å². The second-order valence-electron chi connectivity index (χ2n) is 9.04. The molecule has 4 rings (SSSR count). The smallest absolute Gasteiger partial charge is 0.258 e. The molecule has 1 amide bonds. The van der Waals surface area contributed by atoms with Crippen molar-refractivity contribution < 1.29 is 9.53 Å². The number of ether oxygens (including phenoxy) is 1. The molecule has 0 unspecified atom stereocenters. The Morgan fingerprint density at radius 3 is 2.51 bits per heavy atom. The number of nitrogens with two attached hydrogens (primary N) is 1.